The van der Waals surface area contributed by atoms with Crippen molar-refractivity contribution < 1.29 is 25.8 Å². The van der Waals surface area contributed by atoms with Crippen LogP contribution in [0.15, 0.2) is 200 Å². The van der Waals surface area contributed by atoms with Gasteiger partial charge in [0.05, 0.1) is 33.4 Å². The Hall–Kier alpha value is -8.38. The van der Waals surface area contributed by atoms with Gasteiger partial charge in [-0.2, -0.15) is 18.8 Å². The minimum atomic E-state index is -0.0800. The number of hydrogen-bond acceptors (Lipinski definition) is 4. The Labute approximate surface area is 444 Å². The van der Waals surface area contributed by atoms with Gasteiger partial charge in [0.2, 0.25) is 0 Å². The first-order chi connectivity index (χ1) is 35.7. The molecule has 5 heterocycles. The molecule has 0 fully saturated rings. The molecule has 1 aliphatic rings. The van der Waals surface area contributed by atoms with Crippen LogP contribution in [0, 0.1) is 25.7 Å². The summed E-state index contributed by atoms with van der Waals surface area (Å²) in [5.74, 6) is 1.99. The third-order valence-electron chi connectivity index (χ3n) is 14.8. The van der Waals surface area contributed by atoms with Gasteiger partial charge in [0.1, 0.15) is 5.82 Å². The molecule has 0 amide bonds. The predicted molar refractivity (Wildman–Crippen MR) is 302 cm³/mol. The van der Waals surface area contributed by atoms with E-state index in [1.807, 2.05) is 18.2 Å². The zero-order chi connectivity index (χ0) is 49.1. The van der Waals surface area contributed by atoms with Gasteiger partial charge in [0.15, 0.2) is 0 Å². The maximum atomic E-state index is 6.68. The molecule has 14 rings (SSSR count). The van der Waals surface area contributed by atoms with Gasteiger partial charge in [0, 0.05) is 88.3 Å². The molecular weight excluding hydrogens is 1090 g/mol. The maximum absolute atomic E-state index is 6.68. The molecular formula is C66H49N6OPt-3. The number of anilines is 3. The van der Waals surface area contributed by atoms with Crippen molar-refractivity contribution >= 4 is 82.5 Å². The number of ether oxygens (including phenoxy) is 1. The first kappa shape index (κ1) is 45.5. The average molecular weight is 1140 g/mol. The van der Waals surface area contributed by atoms with Gasteiger partial charge in [-0.15, -0.1) is 41.4 Å². The number of benzene rings is 9. The standard InChI is InChI=1S/C66H49N6O.Pt/c1-42-36-64(72-62-37-43(66(2,3)4)32-34-51(62)52-35-33-46(39-63(52)72)73-45-19-16-18-44(38-45)69-41-68(5)58-28-14-15-29-59(58)69)67-40-53(42)65-60(70-54-24-10-6-20-47(54)48-21-7-11-25-55(48)70)30-17-31-61(65)71-56-26-12-8-22-49(56)50-23-9-13-27-57(50)71;/h6-37,40-41H,1-5H3;/q-3;. The summed E-state index contributed by atoms with van der Waals surface area (Å²) in [6, 6.07) is 76.6. The van der Waals surface area contributed by atoms with E-state index in [1.165, 1.54) is 27.1 Å². The molecule has 362 valence electrons. The van der Waals surface area contributed by atoms with Gasteiger partial charge >= 0.3 is 0 Å². The molecule has 8 heteroatoms. The minimum absolute atomic E-state index is 0. The van der Waals surface area contributed by atoms with Crippen LogP contribution in [0.5, 0.6) is 11.5 Å². The fourth-order valence-electron chi connectivity index (χ4n) is 11.4. The monoisotopic (exact) mass is 1140 g/mol. The molecule has 13 aromatic rings. The molecule has 0 saturated carbocycles. The van der Waals surface area contributed by atoms with E-state index < -0.39 is 0 Å². The van der Waals surface area contributed by atoms with Crippen LogP contribution in [0.25, 0.3) is 93.7 Å². The largest absolute Gasteiger partial charge is 0.509 e. The van der Waals surface area contributed by atoms with Crippen molar-refractivity contribution in [3.8, 4) is 39.8 Å². The van der Waals surface area contributed by atoms with Gasteiger partial charge < -0.3 is 28.2 Å². The first-order valence-electron chi connectivity index (χ1n) is 24.9. The zero-order valence-electron chi connectivity index (χ0n) is 41.5. The maximum Gasteiger partial charge on any atom is 0.135 e. The molecule has 0 spiro atoms. The van der Waals surface area contributed by atoms with Crippen molar-refractivity contribution in [1.29, 1.82) is 0 Å². The number of pyridine rings is 1. The van der Waals surface area contributed by atoms with Gasteiger partial charge in [-0.1, -0.05) is 129 Å². The Morgan fingerprint density at radius 1 is 0.486 bits per heavy atom. The number of nitrogens with zero attached hydrogens (tertiary/aromatic N) is 6. The van der Waals surface area contributed by atoms with Crippen LogP contribution < -0.4 is 14.5 Å². The summed E-state index contributed by atoms with van der Waals surface area (Å²) in [7, 11) is 2.06. The fraction of sp³-hybridized carbons (Fsp3) is 0.0909. The molecule has 1 aliphatic heterocycles. The molecule has 0 N–H and O–H groups in total. The van der Waals surface area contributed by atoms with E-state index >= 15 is 0 Å². The average Bonchev–Trinajstić information content (AvgIpc) is 4.14. The van der Waals surface area contributed by atoms with Gasteiger partial charge in [-0.05, 0) is 96.6 Å². The van der Waals surface area contributed by atoms with Crippen LogP contribution in [0.3, 0.4) is 0 Å². The van der Waals surface area contributed by atoms with Crippen LogP contribution in [-0.4, -0.2) is 25.7 Å². The summed E-state index contributed by atoms with van der Waals surface area (Å²) in [6.45, 7) is 11.1. The summed E-state index contributed by atoms with van der Waals surface area (Å²) in [5.41, 5.74) is 16.2. The third-order valence-corrected chi connectivity index (χ3v) is 14.8. The summed E-state index contributed by atoms with van der Waals surface area (Å²) in [5, 5.41) is 7.05. The van der Waals surface area contributed by atoms with E-state index in [1.54, 1.807) is 0 Å². The molecule has 0 atom stereocenters. The Kier molecular flexibility index (Phi) is 10.7. The molecule has 0 aliphatic carbocycles. The van der Waals surface area contributed by atoms with Crippen LogP contribution in [0.4, 0.5) is 17.1 Å². The molecule has 0 radical (unpaired) electrons. The SMILES string of the molecule is Cc1cc(-n2c3[c-]c(Oc4[c-]c(N5[CH-]N(C)c6ccccc65)ccc4)ccc3c3ccc(C(C)(C)C)cc32)ncc1-c1c(-n2c3ccccc3c3ccccc32)cccc1-n1c2ccccc2c2ccccc21.[Pt]. The topological polar surface area (TPSA) is 43.4 Å². The number of rotatable bonds is 7. The van der Waals surface area contributed by atoms with Crippen molar-refractivity contribution in [3.63, 3.8) is 0 Å². The van der Waals surface area contributed by atoms with Crippen molar-refractivity contribution in [3.05, 3.63) is 230 Å². The second kappa shape index (κ2) is 17.4. The molecule has 0 unspecified atom stereocenters. The number of aromatic nitrogens is 4. The smallest absolute Gasteiger partial charge is 0.135 e. The van der Waals surface area contributed by atoms with E-state index in [2.05, 4.69) is 259 Å². The van der Waals surface area contributed by atoms with Crippen molar-refractivity contribution in [2.24, 2.45) is 0 Å². The van der Waals surface area contributed by atoms with E-state index in [9.17, 15) is 0 Å². The molecule has 0 bridgehead atoms. The fourth-order valence-corrected chi connectivity index (χ4v) is 11.4. The van der Waals surface area contributed by atoms with Crippen molar-refractivity contribution in [2.75, 3.05) is 16.8 Å². The van der Waals surface area contributed by atoms with E-state index in [0.29, 0.717) is 11.5 Å². The van der Waals surface area contributed by atoms with Crippen LogP contribution in [0.1, 0.15) is 31.9 Å². The second-order valence-electron chi connectivity index (χ2n) is 20.3. The zero-order valence-corrected chi connectivity index (χ0v) is 43.8. The number of hydrogen-bond donors (Lipinski definition) is 0. The molecule has 0 saturated heterocycles. The Bertz CT molecular complexity index is 4140. The van der Waals surface area contributed by atoms with Crippen LogP contribution in [-0.2, 0) is 26.5 Å². The quantitative estimate of drug-likeness (QED) is 0.149. The van der Waals surface area contributed by atoms with E-state index in [4.69, 9.17) is 9.72 Å². The number of aryl methyl sites for hydroxylation is 1. The van der Waals surface area contributed by atoms with E-state index in [-0.39, 0.29) is 26.5 Å². The van der Waals surface area contributed by atoms with Gasteiger partial charge in [-0.3, -0.25) is 0 Å². The van der Waals surface area contributed by atoms with Gasteiger partial charge in [-0.25, -0.2) is 4.98 Å². The van der Waals surface area contributed by atoms with Crippen LogP contribution >= 0.6 is 0 Å². The normalized spacial score (nSPS) is 12.7. The summed E-state index contributed by atoms with van der Waals surface area (Å²) in [6.07, 6.45) is 2.09. The summed E-state index contributed by atoms with van der Waals surface area (Å²) < 4.78 is 13.8. The predicted octanol–water partition coefficient (Wildman–Crippen LogP) is 16.7. The molecule has 9 aromatic carbocycles. The molecule has 74 heavy (non-hydrogen) atoms. The Balaban J connectivity index is 0.00000528. The Morgan fingerprint density at radius 2 is 1.00 bits per heavy atom. The number of para-hydroxylation sites is 6. The van der Waals surface area contributed by atoms with E-state index in [0.717, 1.165) is 94.8 Å². The Morgan fingerprint density at radius 3 is 1.59 bits per heavy atom. The summed E-state index contributed by atoms with van der Waals surface area (Å²) in [4.78, 5) is 9.77. The van der Waals surface area contributed by atoms with Crippen molar-refractivity contribution in [2.45, 2.75) is 33.1 Å². The third kappa shape index (κ3) is 7.09. The second-order valence-corrected chi connectivity index (χ2v) is 20.3. The van der Waals surface area contributed by atoms with Crippen LogP contribution in [0.2, 0.25) is 0 Å². The summed E-state index contributed by atoms with van der Waals surface area (Å²) >= 11 is 0. The number of fused-ring (bicyclic) bond motifs is 10. The van der Waals surface area contributed by atoms with Gasteiger partial charge in [0.25, 0.3) is 0 Å². The first-order valence-corrected chi connectivity index (χ1v) is 24.9. The molecule has 4 aromatic heterocycles. The molecule has 7 nitrogen and oxygen atoms in total. The van der Waals surface area contributed by atoms with Crippen molar-refractivity contribution in [1.82, 2.24) is 18.7 Å². The minimum Gasteiger partial charge on any atom is -0.509 e.